The zero-order valence-electron chi connectivity index (χ0n) is 6.96. The molecular formula is C9H13IO2. The van der Waals surface area contributed by atoms with Gasteiger partial charge in [0, 0.05) is 6.61 Å². The zero-order chi connectivity index (χ0) is 8.81. The highest BCUT2D eigenvalue weighted by atomic mass is 127. The predicted molar refractivity (Wildman–Crippen MR) is 56.2 cm³/mol. The molecule has 0 aromatic carbocycles. The average molecular weight is 280 g/mol. The summed E-state index contributed by atoms with van der Waals surface area (Å²) in [6.45, 7) is 1.25. The van der Waals surface area contributed by atoms with Crippen molar-refractivity contribution in [3.8, 4) is 12.3 Å². The minimum atomic E-state index is 0.110. The van der Waals surface area contributed by atoms with Crippen molar-refractivity contribution in [2.75, 3.05) is 13.2 Å². The largest absolute Gasteiger partial charge is 0.375 e. The fourth-order valence-electron chi connectivity index (χ4n) is 1.21. The molecule has 1 saturated heterocycles. The van der Waals surface area contributed by atoms with E-state index < -0.39 is 0 Å². The first-order valence-electron chi connectivity index (χ1n) is 4.15. The number of hydrogen-bond acceptors (Lipinski definition) is 2. The van der Waals surface area contributed by atoms with Crippen LogP contribution in [0.25, 0.3) is 0 Å². The van der Waals surface area contributed by atoms with Gasteiger partial charge in [-0.25, -0.2) is 0 Å². The molecule has 0 bridgehead atoms. The van der Waals surface area contributed by atoms with Crippen molar-refractivity contribution >= 4 is 22.6 Å². The van der Waals surface area contributed by atoms with E-state index in [-0.39, 0.29) is 10.2 Å². The summed E-state index contributed by atoms with van der Waals surface area (Å²) in [6, 6.07) is 0. The van der Waals surface area contributed by atoms with Crippen LogP contribution in [0, 0.1) is 12.3 Å². The summed E-state index contributed by atoms with van der Waals surface area (Å²) >= 11 is 2.24. The molecule has 0 spiro atoms. The van der Waals surface area contributed by atoms with E-state index >= 15 is 0 Å². The highest BCUT2D eigenvalue weighted by molar-refractivity contribution is 14.1. The van der Waals surface area contributed by atoms with Gasteiger partial charge in [-0.05, 0) is 41.9 Å². The smallest absolute Gasteiger partial charge is 0.136 e. The van der Waals surface area contributed by atoms with E-state index in [9.17, 15) is 0 Å². The zero-order valence-corrected chi connectivity index (χ0v) is 9.12. The van der Waals surface area contributed by atoms with Crippen molar-refractivity contribution < 1.29 is 9.47 Å². The molecule has 0 aromatic rings. The van der Waals surface area contributed by atoms with E-state index in [1.165, 1.54) is 12.8 Å². The summed E-state index contributed by atoms with van der Waals surface area (Å²) in [7, 11) is 0. The van der Waals surface area contributed by atoms with Gasteiger partial charge in [-0.15, -0.1) is 6.42 Å². The third-order valence-corrected chi connectivity index (χ3v) is 2.99. The van der Waals surface area contributed by atoms with E-state index in [0.29, 0.717) is 6.61 Å². The van der Waals surface area contributed by atoms with Gasteiger partial charge in [0.2, 0.25) is 0 Å². The molecule has 2 atom stereocenters. The van der Waals surface area contributed by atoms with Crippen molar-refractivity contribution in [1.29, 1.82) is 0 Å². The lowest BCUT2D eigenvalue weighted by atomic mass is 10.1. The molecule has 0 radical (unpaired) electrons. The van der Waals surface area contributed by atoms with Gasteiger partial charge < -0.3 is 9.47 Å². The molecule has 3 heteroatoms. The third-order valence-electron chi connectivity index (χ3n) is 1.83. The van der Waals surface area contributed by atoms with E-state index in [4.69, 9.17) is 15.9 Å². The number of rotatable bonds is 3. The molecule has 68 valence electrons. The van der Waals surface area contributed by atoms with Crippen LogP contribution in [0.2, 0.25) is 0 Å². The Morgan fingerprint density at radius 2 is 2.50 bits per heavy atom. The Morgan fingerprint density at radius 1 is 1.67 bits per heavy atom. The first-order chi connectivity index (χ1) is 5.84. The van der Waals surface area contributed by atoms with E-state index in [1.807, 2.05) is 0 Å². The molecule has 12 heavy (non-hydrogen) atoms. The molecular weight excluding hydrogens is 267 g/mol. The van der Waals surface area contributed by atoms with Gasteiger partial charge in [0.15, 0.2) is 0 Å². The maximum absolute atomic E-state index is 5.54. The van der Waals surface area contributed by atoms with Gasteiger partial charge in [0.25, 0.3) is 0 Å². The average Bonchev–Trinajstić information content (AvgIpc) is 2.15. The Labute approximate surface area is 87.1 Å². The molecule has 0 aromatic heterocycles. The minimum Gasteiger partial charge on any atom is -0.375 e. The maximum Gasteiger partial charge on any atom is 0.136 e. The van der Waals surface area contributed by atoms with Crippen LogP contribution in [0.5, 0.6) is 0 Å². The fraction of sp³-hybridized carbons (Fsp3) is 0.778. The van der Waals surface area contributed by atoms with Crippen molar-refractivity contribution in [3.05, 3.63) is 0 Å². The van der Waals surface area contributed by atoms with Crippen LogP contribution < -0.4 is 0 Å². The highest BCUT2D eigenvalue weighted by Gasteiger charge is 2.22. The van der Waals surface area contributed by atoms with Gasteiger partial charge in [0.05, 0.1) is 6.10 Å². The number of alkyl halides is 1. The molecule has 2 unspecified atom stereocenters. The summed E-state index contributed by atoms with van der Waals surface area (Å²) < 4.78 is 11.0. The first kappa shape index (κ1) is 10.3. The first-order valence-corrected chi connectivity index (χ1v) is 5.40. The molecule has 0 saturated carbocycles. The van der Waals surface area contributed by atoms with E-state index in [0.717, 1.165) is 13.0 Å². The summed E-state index contributed by atoms with van der Waals surface area (Å²) in [6.07, 6.45) is 8.84. The Balaban J connectivity index is 2.21. The molecule has 1 rings (SSSR count). The van der Waals surface area contributed by atoms with Gasteiger partial charge in [-0.2, -0.15) is 0 Å². The Bertz CT molecular complexity index is 158. The maximum atomic E-state index is 5.54. The number of ether oxygens (including phenoxy) is 2. The Hall–Kier alpha value is 0.210. The topological polar surface area (TPSA) is 18.5 Å². The fourth-order valence-corrected chi connectivity index (χ4v) is 1.95. The number of terminal acetylenes is 1. The highest BCUT2D eigenvalue weighted by Crippen LogP contribution is 2.21. The monoisotopic (exact) mass is 280 g/mol. The number of hydrogen-bond donors (Lipinski definition) is 0. The second kappa shape index (κ2) is 5.79. The predicted octanol–water partition coefficient (Wildman–Crippen LogP) is 1.97. The second-order valence-electron chi connectivity index (χ2n) is 2.77. The molecule has 1 heterocycles. The third kappa shape index (κ3) is 3.30. The van der Waals surface area contributed by atoms with Crippen molar-refractivity contribution in [2.24, 2.45) is 0 Å². The lowest BCUT2D eigenvalue weighted by molar-refractivity contribution is -0.0426. The quantitative estimate of drug-likeness (QED) is 0.447. The summed E-state index contributed by atoms with van der Waals surface area (Å²) in [4.78, 5) is 0. The normalized spacial score (nSPS) is 26.2. The van der Waals surface area contributed by atoms with Crippen LogP contribution >= 0.6 is 22.6 Å². The minimum absolute atomic E-state index is 0.110. The molecule has 0 N–H and O–H groups in total. The van der Waals surface area contributed by atoms with Crippen LogP contribution in [0.15, 0.2) is 0 Å². The molecule has 0 aliphatic carbocycles. The Morgan fingerprint density at radius 3 is 3.08 bits per heavy atom. The van der Waals surface area contributed by atoms with Crippen LogP contribution in [0.4, 0.5) is 0 Å². The van der Waals surface area contributed by atoms with Crippen LogP contribution in [-0.2, 0) is 9.47 Å². The van der Waals surface area contributed by atoms with Gasteiger partial charge in [-0.1, -0.05) is 5.92 Å². The molecule has 0 amide bonds. The molecule has 1 fully saturated rings. The molecule has 2 nitrogen and oxygen atoms in total. The van der Waals surface area contributed by atoms with E-state index in [1.54, 1.807) is 0 Å². The Kier molecular flexibility index (Phi) is 4.96. The molecule has 1 aliphatic rings. The van der Waals surface area contributed by atoms with Crippen molar-refractivity contribution in [3.63, 3.8) is 0 Å². The van der Waals surface area contributed by atoms with Gasteiger partial charge >= 0.3 is 0 Å². The van der Waals surface area contributed by atoms with Crippen molar-refractivity contribution in [1.82, 2.24) is 0 Å². The number of halogens is 1. The summed E-state index contributed by atoms with van der Waals surface area (Å²) in [5.41, 5.74) is 0. The standard InChI is InChI=1S/C9H13IO2/c1-2-6-12-9(10)8-5-3-4-7-11-8/h1,8-9H,3-7H2. The lowest BCUT2D eigenvalue weighted by Gasteiger charge is -2.26. The summed E-state index contributed by atoms with van der Waals surface area (Å²) in [5, 5.41) is 0. The second-order valence-corrected chi connectivity index (χ2v) is 4.00. The van der Waals surface area contributed by atoms with Crippen molar-refractivity contribution in [2.45, 2.75) is 29.5 Å². The van der Waals surface area contributed by atoms with Crippen LogP contribution in [0.3, 0.4) is 0 Å². The molecule has 1 aliphatic heterocycles. The van der Waals surface area contributed by atoms with Crippen LogP contribution in [-0.4, -0.2) is 23.4 Å². The lowest BCUT2D eigenvalue weighted by Crippen LogP contribution is -2.30. The van der Waals surface area contributed by atoms with E-state index in [2.05, 4.69) is 28.5 Å². The SMILES string of the molecule is C#CCOC(I)C1CCCCO1. The van der Waals surface area contributed by atoms with Crippen LogP contribution in [0.1, 0.15) is 19.3 Å². The van der Waals surface area contributed by atoms with Gasteiger partial charge in [-0.3, -0.25) is 0 Å². The van der Waals surface area contributed by atoms with Gasteiger partial charge in [0.1, 0.15) is 10.7 Å². The summed E-state index contributed by atoms with van der Waals surface area (Å²) in [5.74, 6) is 2.46.